The fourth-order valence-corrected chi connectivity index (χ4v) is 2.45. The molecule has 0 aromatic carbocycles. The Bertz CT molecular complexity index is 289. The minimum atomic E-state index is -0.0914. The summed E-state index contributed by atoms with van der Waals surface area (Å²) < 4.78 is 5.49. The number of allylic oxidation sites excluding steroid dienone is 2. The van der Waals surface area contributed by atoms with Crippen LogP contribution in [0, 0.1) is 0 Å². The normalized spacial score (nSPS) is 26.1. The van der Waals surface area contributed by atoms with Crippen molar-refractivity contribution >= 4 is 34.8 Å². The lowest BCUT2D eigenvalue weighted by atomic mass is 10.1. The third kappa shape index (κ3) is 7.60. The molecule has 1 rings (SSSR count). The Kier molecular flexibility index (Phi) is 9.23. The van der Waals surface area contributed by atoms with Crippen molar-refractivity contribution in [3.8, 4) is 0 Å². The van der Waals surface area contributed by atoms with E-state index in [1.54, 1.807) is 5.54 Å². The largest absolute Gasteiger partial charge is 0.363 e. The van der Waals surface area contributed by atoms with E-state index in [0.717, 1.165) is 12.8 Å². The number of halogens is 3. The zero-order chi connectivity index (χ0) is 14.1. The van der Waals surface area contributed by atoms with Gasteiger partial charge in [-0.05, 0) is 32.6 Å². The molecule has 0 amide bonds. The highest BCUT2D eigenvalue weighted by atomic mass is 35.5. The van der Waals surface area contributed by atoms with Gasteiger partial charge in [-0.15, -0.1) is 23.2 Å². The predicted molar refractivity (Wildman–Crippen MR) is 85.5 cm³/mol. The molecule has 0 aliphatic carbocycles. The van der Waals surface area contributed by atoms with Crippen LogP contribution in [0.2, 0.25) is 0 Å². The average molecular weight is 326 g/mol. The molecule has 1 aliphatic rings. The molecular weight excluding hydrogens is 303 g/mol. The summed E-state index contributed by atoms with van der Waals surface area (Å²) in [6, 6.07) is 0. The first kappa shape index (κ1) is 17.4. The molecule has 0 radical (unpaired) electrons. The smallest absolute Gasteiger partial charge is 0.106 e. The van der Waals surface area contributed by atoms with Crippen LogP contribution in [0.5, 0.6) is 0 Å². The number of rotatable bonds is 10. The van der Waals surface area contributed by atoms with Crippen molar-refractivity contribution < 1.29 is 4.74 Å². The van der Waals surface area contributed by atoms with E-state index in [9.17, 15) is 0 Å². The Morgan fingerprint density at radius 3 is 2.26 bits per heavy atom. The molecule has 0 bridgehead atoms. The second kappa shape index (κ2) is 10.1. The lowest BCUT2D eigenvalue weighted by Crippen LogP contribution is -2.19. The molecule has 1 fully saturated rings. The number of unbranched alkanes of at least 4 members (excludes halogenated alkanes) is 5. The van der Waals surface area contributed by atoms with Gasteiger partial charge in [-0.2, -0.15) is 0 Å². The molecule has 0 aromatic heterocycles. The first-order chi connectivity index (χ1) is 9.16. The van der Waals surface area contributed by atoms with Gasteiger partial charge in [0.05, 0.1) is 5.38 Å². The summed E-state index contributed by atoms with van der Waals surface area (Å²) in [4.78, 5) is 0. The molecule has 1 nitrogen and oxygen atoms in total. The van der Waals surface area contributed by atoms with Crippen LogP contribution in [-0.2, 0) is 4.74 Å². The third-order valence-corrected chi connectivity index (χ3v) is 4.43. The van der Waals surface area contributed by atoms with E-state index in [-0.39, 0.29) is 23.0 Å². The van der Waals surface area contributed by atoms with E-state index in [1.807, 2.05) is 13.0 Å². The van der Waals surface area contributed by atoms with Crippen LogP contribution in [0.4, 0.5) is 0 Å². The summed E-state index contributed by atoms with van der Waals surface area (Å²) >= 11 is 17.5. The van der Waals surface area contributed by atoms with Gasteiger partial charge in [0.25, 0.3) is 0 Å². The number of alkyl halides is 2. The lowest BCUT2D eigenvalue weighted by Gasteiger charge is -2.06. The van der Waals surface area contributed by atoms with Crippen LogP contribution >= 0.6 is 34.8 Å². The molecular formula is C15H23Cl3O. The fourth-order valence-electron chi connectivity index (χ4n) is 1.98. The van der Waals surface area contributed by atoms with E-state index < -0.39 is 0 Å². The van der Waals surface area contributed by atoms with Gasteiger partial charge in [-0.1, -0.05) is 42.7 Å². The maximum absolute atomic E-state index is 6.13. The van der Waals surface area contributed by atoms with Crippen LogP contribution in [0.3, 0.4) is 0 Å². The molecule has 4 heteroatoms. The standard InChI is InChI=1S/C15H23Cl3O/c1-12(17)14(18)15-13(19-15)10-8-6-4-2-3-5-7-9-11-16/h8-15H,2-7H2,1H3/b10-8-,11-9+/t12-,13+,14-,15+/m1/s1. The highest BCUT2D eigenvalue weighted by molar-refractivity contribution is 6.30. The van der Waals surface area contributed by atoms with Crippen LogP contribution in [-0.4, -0.2) is 23.0 Å². The van der Waals surface area contributed by atoms with E-state index in [2.05, 4.69) is 12.2 Å². The van der Waals surface area contributed by atoms with Gasteiger partial charge >= 0.3 is 0 Å². The monoisotopic (exact) mass is 324 g/mol. The quantitative estimate of drug-likeness (QED) is 0.219. The number of hydrogen-bond acceptors (Lipinski definition) is 1. The second-order valence-electron chi connectivity index (χ2n) is 4.97. The van der Waals surface area contributed by atoms with Gasteiger partial charge in [-0.3, -0.25) is 0 Å². The predicted octanol–water partition coefficient (Wildman–Crippen LogP) is 5.64. The summed E-state index contributed by atoms with van der Waals surface area (Å²) in [6.45, 7) is 1.90. The van der Waals surface area contributed by atoms with Gasteiger partial charge in [0.1, 0.15) is 12.2 Å². The summed E-state index contributed by atoms with van der Waals surface area (Å²) in [5.41, 5.74) is 1.60. The van der Waals surface area contributed by atoms with Crippen LogP contribution in [0.25, 0.3) is 0 Å². The summed E-state index contributed by atoms with van der Waals surface area (Å²) in [5, 5.41) is -0.140. The van der Waals surface area contributed by atoms with Crippen molar-refractivity contribution in [2.75, 3.05) is 0 Å². The third-order valence-electron chi connectivity index (χ3n) is 3.22. The molecule has 0 spiro atoms. The van der Waals surface area contributed by atoms with Gasteiger partial charge in [0.2, 0.25) is 0 Å². The maximum atomic E-state index is 6.13. The molecule has 1 saturated heterocycles. The molecule has 1 heterocycles. The summed E-state index contributed by atoms with van der Waals surface area (Å²) in [6.07, 6.45) is 13.8. The van der Waals surface area contributed by atoms with Gasteiger partial charge in [0.15, 0.2) is 0 Å². The van der Waals surface area contributed by atoms with Crippen LogP contribution < -0.4 is 0 Å². The lowest BCUT2D eigenvalue weighted by molar-refractivity contribution is 0.381. The molecule has 110 valence electrons. The van der Waals surface area contributed by atoms with Crippen LogP contribution in [0.1, 0.15) is 45.4 Å². The topological polar surface area (TPSA) is 12.5 Å². The first-order valence-corrected chi connectivity index (χ1v) is 8.33. The minimum absolute atomic E-state index is 0.0490. The Labute approximate surface area is 131 Å². The summed E-state index contributed by atoms with van der Waals surface area (Å²) in [5.74, 6) is 0. The van der Waals surface area contributed by atoms with Crippen molar-refractivity contribution in [1.29, 1.82) is 0 Å². The molecule has 1 aliphatic heterocycles. The van der Waals surface area contributed by atoms with Gasteiger partial charge in [0, 0.05) is 10.9 Å². The zero-order valence-corrected chi connectivity index (χ0v) is 13.7. The van der Waals surface area contributed by atoms with Crippen molar-refractivity contribution in [2.24, 2.45) is 0 Å². The molecule has 19 heavy (non-hydrogen) atoms. The Hall–Kier alpha value is 0.310. The first-order valence-electron chi connectivity index (χ1n) is 7.02. The van der Waals surface area contributed by atoms with E-state index in [4.69, 9.17) is 39.5 Å². The highest BCUT2D eigenvalue weighted by Crippen LogP contribution is 2.33. The van der Waals surface area contributed by atoms with Crippen molar-refractivity contribution in [1.82, 2.24) is 0 Å². The van der Waals surface area contributed by atoms with Crippen LogP contribution in [0.15, 0.2) is 23.8 Å². The highest BCUT2D eigenvalue weighted by Gasteiger charge is 2.43. The minimum Gasteiger partial charge on any atom is -0.363 e. The fraction of sp³-hybridized carbons (Fsp3) is 0.733. The molecule has 0 unspecified atom stereocenters. The zero-order valence-electron chi connectivity index (χ0n) is 11.4. The van der Waals surface area contributed by atoms with Crippen molar-refractivity contribution in [3.05, 3.63) is 23.8 Å². The molecule has 0 saturated carbocycles. The van der Waals surface area contributed by atoms with Gasteiger partial charge in [-0.25, -0.2) is 0 Å². The van der Waals surface area contributed by atoms with E-state index >= 15 is 0 Å². The number of epoxide rings is 1. The Morgan fingerprint density at radius 1 is 1.05 bits per heavy atom. The van der Waals surface area contributed by atoms with Crippen molar-refractivity contribution in [3.63, 3.8) is 0 Å². The van der Waals surface area contributed by atoms with Crippen molar-refractivity contribution in [2.45, 2.75) is 68.4 Å². The molecule has 0 N–H and O–H groups in total. The molecule has 4 atom stereocenters. The number of hydrogen-bond donors (Lipinski definition) is 0. The SMILES string of the molecule is C[C@@H](Cl)[C@@H](Cl)[C@H]1O[C@H]1/C=C\CCCCCC/C=C/Cl. The van der Waals surface area contributed by atoms with E-state index in [1.165, 1.54) is 25.7 Å². The molecule has 0 aromatic rings. The second-order valence-corrected chi connectivity index (χ2v) is 6.41. The van der Waals surface area contributed by atoms with Gasteiger partial charge < -0.3 is 4.74 Å². The Balaban J connectivity index is 1.95. The summed E-state index contributed by atoms with van der Waals surface area (Å²) in [7, 11) is 0. The Morgan fingerprint density at radius 2 is 1.68 bits per heavy atom. The van der Waals surface area contributed by atoms with E-state index in [0.29, 0.717) is 0 Å². The average Bonchev–Trinajstić information content (AvgIpc) is 3.15. The number of ether oxygens (including phenoxy) is 1. The maximum Gasteiger partial charge on any atom is 0.106 e.